The predicted octanol–water partition coefficient (Wildman–Crippen LogP) is 9.49. The highest BCUT2D eigenvalue weighted by molar-refractivity contribution is 4.94. The number of piperidine rings is 1. The van der Waals surface area contributed by atoms with E-state index < -0.39 is 0 Å². The fourth-order valence-corrected chi connectivity index (χ4v) is 6.95. The Balaban J connectivity index is 0.000000294. The Labute approximate surface area is 279 Å². The van der Waals surface area contributed by atoms with Crippen molar-refractivity contribution in [3.8, 4) is 0 Å². The monoisotopic (exact) mass is 621 g/mol. The average Bonchev–Trinajstić information content (AvgIpc) is 2.83. The third kappa shape index (κ3) is 14.3. The molecule has 0 radical (unpaired) electrons. The van der Waals surface area contributed by atoms with Crippen LogP contribution in [0.2, 0.25) is 0 Å². The molecule has 4 fully saturated rings. The molecule has 44 heavy (non-hydrogen) atoms. The van der Waals surface area contributed by atoms with Crippen molar-refractivity contribution in [3.05, 3.63) is 0 Å². The summed E-state index contributed by atoms with van der Waals surface area (Å²) in [7, 11) is 0. The zero-order valence-electron chi connectivity index (χ0n) is 33.4. The van der Waals surface area contributed by atoms with Crippen molar-refractivity contribution in [2.75, 3.05) is 52.4 Å². The fourth-order valence-electron chi connectivity index (χ4n) is 6.95. The van der Waals surface area contributed by atoms with Crippen molar-refractivity contribution >= 4 is 0 Å². The topological polar surface area (TPSA) is 13.0 Å². The van der Waals surface area contributed by atoms with E-state index in [0.717, 1.165) is 65.6 Å². The van der Waals surface area contributed by atoms with Gasteiger partial charge in [-0.3, -0.25) is 4.90 Å². The minimum atomic E-state index is 0.601. The molecule has 0 amide bonds. The highest BCUT2D eigenvalue weighted by atomic mass is 15.2. The van der Waals surface area contributed by atoms with Gasteiger partial charge in [-0.15, -0.1) is 0 Å². The third-order valence-corrected chi connectivity index (χ3v) is 11.6. The molecule has 4 rings (SSSR count). The summed E-state index contributed by atoms with van der Waals surface area (Å²) in [5, 5.41) is 0. The maximum absolute atomic E-state index is 2.60. The highest BCUT2D eigenvalue weighted by Crippen LogP contribution is 2.38. The second kappa shape index (κ2) is 19.6. The van der Waals surface area contributed by atoms with E-state index in [1.807, 2.05) is 0 Å². The zero-order valence-corrected chi connectivity index (χ0v) is 33.4. The van der Waals surface area contributed by atoms with Gasteiger partial charge in [-0.2, -0.15) is 0 Å². The van der Waals surface area contributed by atoms with Crippen LogP contribution < -0.4 is 0 Å². The number of hydrogen-bond acceptors (Lipinski definition) is 4. The van der Waals surface area contributed by atoms with Crippen molar-refractivity contribution in [2.24, 2.45) is 46.8 Å². The summed E-state index contributed by atoms with van der Waals surface area (Å²) in [5.41, 5.74) is 0.601. The molecule has 0 aromatic carbocycles. The van der Waals surface area contributed by atoms with Gasteiger partial charge in [-0.25, -0.2) is 0 Å². The second-order valence-electron chi connectivity index (χ2n) is 18.1. The Hall–Kier alpha value is -0.160. The van der Waals surface area contributed by atoms with Gasteiger partial charge < -0.3 is 14.7 Å². The van der Waals surface area contributed by atoms with Crippen LogP contribution in [0.25, 0.3) is 0 Å². The molecule has 4 saturated heterocycles. The maximum Gasteiger partial charge on any atom is 0.00530 e. The van der Waals surface area contributed by atoms with Gasteiger partial charge in [0.2, 0.25) is 0 Å². The van der Waals surface area contributed by atoms with Gasteiger partial charge in [0, 0.05) is 63.4 Å². The fraction of sp³-hybridized carbons (Fsp3) is 1.00. The molecular formula is C40H84N4. The molecule has 0 aromatic heterocycles. The molecule has 0 aliphatic carbocycles. The van der Waals surface area contributed by atoms with Crippen LogP contribution in [0.3, 0.4) is 0 Å². The van der Waals surface area contributed by atoms with Gasteiger partial charge in [-0.05, 0) is 135 Å². The van der Waals surface area contributed by atoms with Crippen LogP contribution in [0.4, 0.5) is 0 Å². The minimum Gasteiger partial charge on any atom is -0.301 e. The molecule has 4 heteroatoms. The smallest absolute Gasteiger partial charge is 0.00530 e. The van der Waals surface area contributed by atoms with Gasteiger partial charge in [-0.1, -0.05) is 62.3 Å². The standard InChI is InChI=1S/C11H23N.2C10H21N.C9H19N/c1-9(2)11-5-7-12(8-6-11)10(3)4;1-8(2)10(5)6-11(7-10)9(3)4;1-8(2)5-10-6-11(7-10)9(3)4;1-7(2)9-5-10(6-9)8(3)4/h9-11H,5-8H2,1-4H3;8-9H,6-7H2,1-5H3;8-10H,5-7H2,1-4H3;7-9H,5-6H2,1-4H3. The first-order valence-electron chi connectivity index (χ1n) is 19.2. The van der Waals surface area contributed by atoms with Gasteiger partial charge in [0.05, 0.1) is 0 Å². The van der Waals surface area contributed by atoms with Crippen LogP contribution in [-0.2, 0) is 0 Å². The third-order valence-electron chi connectivity index (χ3n) is 11.6. The Morgan fingerprint density at radius 2 is 0.886 bits per heavy atom. The van der Waals surface area contributed by atoms with Crippen molar-refractivity contribution < 1.29 is 0 Å². The summed E-state index contributed by atoms with van der Waals surface area (Å²) in [6.07, 6.45) is 4.24. The van der Waals surface area contributed by atoms with Crippen LogP contribution in [-0.4, -0.2) is 96.1 Å². The summed E-state index contributed by atoms with van der Waals surface area (Å²) in [4.78, 5) is 10.2. The largest absolute Gasteiger partial charge is 0.301 e. The molecule has 4 aliphatic rings. The molecule has 0 aromatic rings. The Kier molecular flexibility index (Phi) is 18.7. The lowest BCUT2D eigenvalue weighted by molar-refractivity contribution is -0.0403. The lowest BCUT2D eigenvalue weighted by Gasteiger charge is -2.52. The van der Waals surface area contributed by atoms with Gasteiger partial charge in [0.1, 0.15) is 0 Å². The first-order valence-corrected chi connectivity index (χ1v) is 19.2. The molecule has 264 valence electrons. The van der Waals surface area contributed by atoms with Gasteiger partial charge >= 0.3 is 0 Å². The first kappa shape index (κ1) is 41.9. The number of rotatable bonds is 9. The van der Waals surface area contributed by atoms with Crippen LogP contribution in [0.5, 0.6) is 0 Å². The summed E-state index contributed by atoms with van der Waals surface area (Å²) >= 11 is 0. The average molecular weight is 621 g/mol. The molecule has 0 unspecified atom stereocenters. The zero-order chi connectivity index (χ0) is 33.9. The molecule has 0 saturated carbocycles. The van der Waals surface area contributed by atoms with E-state index in [2.05, 4.69) is 137 Å². The molecule has 4 aliphatic heterocycles. The summed E-state index contributed by atoms with van der Waals surface area (Å²) in [6, 6.07) is 3.01. The first-order chi connectivity index (χ1) is 20.3. The van der Waals surface area contributed by atoms with E-state index in [0.29, 0.717) is 5.41 Å². The van der Waals surface area contributed by atoms with E-state index >= 15 is 0 Å². The number of likely N-dealkylation sites (tertiary alicyclic amines) is 4. The van der Waals surface area contributed by atoms with Crippen molar-refractivity contribution in [2.45, 2.75) is 161 Å². The summed E-state index contributed by atoms with van der Waals surface area (Å²) in [5.74, 6) is 6.45. The number of nitrogens with zero attached hydrogens (tertiary/aromatic N) is 4. The Morgan fingerprint density at radius 1 is 0.500 bits per heavy atom. The van der Waals surface area contributed by atoms with Gasteiger partial charge in [0.15, 0.2) is 0 Å². The SMILES string of the molecule is CC(C)C1CCN(C(C)C)CC1.CC(C)C1CN(C(C)C)C1.CC(C)CC1CN(C(C)C)C1.CC(C)N1CC(C)(C(C)C)C1. The van der Waals surface area contributed by atoms with Crippen molar-refractivity contribution in [1.29, 1.82) is 0 Å². The highest BCUT2D eigenvalue weighted by Gasteiger charge is 2.41. The molecule has 0 spiro atoms. The molecule has 4 heterocycles. The lowest BCUT2D eigenvalue weighted by Crippen LogP contribution is -2.59. The molecule has 4 nitrogen and oxygen atoms in total. The second-order valence-corrected chi connectivity index (χ2v) is 18.1. The number of hydrogen-bond donors (Lipinski definition) is 0. The quantitative estimate of drug-likeness (QED) is 0.254. The van der Waals surface area contributed by atoms with E-state index in [-0.39, 0.29) is 0 Å². The van der Waals surface area contributed by atoms with Crippen LogP contribution in [0.1, 0.15) is 137 Å². The molecular weight excluding hydrogens is 536 g/mol. The Morgan fingerprint density at radius 3 is 1.20 bits per heavy atom. The summed E-state index contributed by atoms with van der Waals surface area (Å²) < 4.78 is 0. The van der Waals surface area contributed by atoms with Crippen molar-refractivity contribution in [3.63, 3.8) is 0 Å². The Bertz CT molecular complexity index is 686. The van der Waals surface area contributed by atoms with E-state index in [9.17, 15) is 0 Å². The van der Waals surface area contributed by atoms with Gasteiger partial charge in [0.25, 0.3) is 0 Å². The minimum absolute atomic E-state index is 0.601. The van der Waals surface area contributed by atoms with E-state index in [4.69, 9.17) is 0 Å². The predicted molar refractivity (Wildman–Crippen MR) is 199 cm³/mol. The molecule has 0 N–H and O–H groups in total. The lowest BCUT2D eigenvalue weighted by atomic mass is 9.72. The van der Waals surface area contributed by atoms with E-state index in [1.54, 1.807) is 0 Å². The van der Waals surface area contributed by atoms with Crippen LogP contribution >= 0.6 is 0 Å². The van der Waals surface area contributed by atoms with E-state index in [1.165, 1.54) is 71.6 Å². The molecule has 0 bridgehead atoms. The normalized spacial score (nSPS) is 22.6. The van der Waals surface area contributed by atoms with Crippen molar-refractivity contribution in [1.82, 2.24) is 19.6 Å². The maximum atomic E-state index is 2.60. The van der Waals surface area contributed by atoms with Crippen LogP contribution in [0, 0.1) is 46.8 Å². The molecule has 0 atom stereocenters. The summed E-state index contributed by atoms with van der Waals surface area (Å²) in [6.45, 7) is 49.9. The van der Waals surface area contributed by atoms with Crippen LogP contribution in [0.15, 0.2) is 0 Å².